The molecule has 0 bridgehead atoms. The number of hydrogen-bond donors (Lipinski definition) is 1. The van der Waals surface area contributed by atoms with E-state index in [-0.39, 0.29) is 29.3 Å². The van der Waals surface area contributed by atoms with Gasteiger partial charge >= 0.3 is 6.09 Å². The second-order valence-corrected chi connectivity index (χ2v) is 11.8. The summed E-state index contributed by atoms with van der Waals surface area (Å²) in [5.74, 6) is -0.449. The zero-order chi connectivity index (χ0) is 27.9. The molecule has 2 heterocycles. The molecule has 1 spiro atoms. The van der Waals surface area contributed by atoms with Crippen molar-refractivity contribution in [2.24, 2.45) is 12.5 Å². The van der Waals surface area contributed by atoms with Gasteiger partial charge in [0.1, 0.15) is 17.1 Å². The minimum atomic E-state index is -0.509. The molecule has 0 unspecified atom stereocenters. The number of likely N-dealkylation sites (tertiary alicyclic amines) is 1. The molecule has 39 heavy (non-hydrogen) atoms. The van der Waals surface area contributed by atoms with Crippen LogP contribution in [0.25, 0.3) is 5.57 Å². The molecular formula is C31H35FN4O3. The quantitative estimate of drug-likeness (QED) is 0.447. The van der Waals surface area contributed by atoms with Gasteiger partial charge in [-0.3, -0.25) is 9.48 Å². The standard InChI is InChI=1S/C31H35FN4O3/c1-20(34-28(37)26-14-15-33-35(26)5)21-6-8-22(9-7-21)27(23-10-12-25(32)13-11-23)24-16-31(17-24)18-36(19-31)29(38)39-30(2,3)4/h6-15,20H,16-19H2,1-5H3,(H,34,37)/t20-/m1/s1. The Morgan fingerprint density at radius 1 is 1.00 bits per heavy atom. The maximum absolute atomic E-state index is 13.7. The Morgan fingerprint density at radius 2 is 1.59 bits per heavy atom. The summed E-state index contributed by atoms with van der Waals surface area (Å²) in [5, 5.41) is 7.09. The van der Waals surface area contributed by atoms with E-state index in [4.69, 9.17) is 4.74 Å². The normalized spacial score (nSPS) is 16.8. The van der Waals surface area contributed by atoms with Gasteiger partial charge in [-0.05, 0) is 81.0 Å². The highest BCUT2D eigenvalue weighted by Gasteiger charge is 2.53. The molecule has 1 aromatic heterocycles. The van der Waals surface area contributed by atoms with Crippen LogP contribution < -0.4 is 5.32 Å². The highest BCUT2D eigenvalue weighted by atomic mass is 19.1. The second kappa shape index (κ2) is 9.98. The number of halogens is 1. The summed E-state index contributed by atoms with van der Waals surface area (Å²) in [6, 6.07) is 16.3. The Bertz CT molecular complexity index is 1400. The van der Waals surface area contributed by atoms with Crippen LogP contribution in [0.2, 0.25) is 0 Å². The smallest absolute Gasteiger partial charge is 0.410 e. The average Bonchev–Trinajstić information content (AvgIpc) is 3.25. The van der Waals surface area contributed by atoms with Crippen LogP contribution in [0.3, 0.4) is 0 Å². The SMILES string of the molecule is C[C@@H](NC(=O)c1ccnn1C)c1ccc(C(=C2CC3(C2)CN(C(=O)OC(C)(C)C)C3)c2ccc(F)cc2)cc1. The Hall–Kier alpha value is -3.94. The maximum Gasteiger partial charge on any atom is 0.410 e. The molecular weight excluding hydrogens is 495 g/mol. The van der Waals surface area contributed by atoms with Crippen molar-refractivity contribution in [1.82, 2.24) is 20.0 Å². The first-order chi connectivity index (χ1) is 18.4. The van der Waals surface area contributed by atoms with Crippen LogP contribution in [0.15, 0.2) is 66.4 Å². The minimum absolute atomic E-state index is 0.0854. The fourth-order valence-electron chi connectivity index (χ4n) is 5.55. The van der Waals surface area contributed by atoms with E-state index < -0.39 is 5.60 Å². The van der Waals surface area contributed by atoms with Crippen LogP contribution in [0, 0.1) is 11.2 Å². The fourth-order valence-corrected chi connectivity index (χ4v) is 5.55. The predicted octanol–water partition coefficient (Wildman–Crippen LogP) is 5.88. The molecule has 1 N–H and O–H groups in total. The van der Waals surface area contributed by atoms with Crippen molar-refractivity contribution >= 4 is 17.6 Å². The molecule has 204 valence electrons. The molecule has 2 fully saturated rings. The Kier molecular flexibility index (Phi) is 6.83. The molecule has 3 aromatic rings. The predicted molar refractivity (Wildman–Crippen MR) is 147 cm³/mol. The van der Waals surface area contributed by atoms with E-state index in [1.165, 1.54) is 17.7 Å². The molecule has 1 aliphatic heterocycles. The highest BCUT2D eigenvalue weighted by Crippen LogP contribution is 2.54. The van der Waals surface area contributed by atoms with Crippen LogP contribution in [-0.2, 0) is 11.8 Å². The molecule has 5 rings (SSSR count). The van der Waals surface area contributed by atoms with Gasteiger partial charge in [0.05, 0.1) is 6.04 Å². The largest absolute Gasteiger partial charge is 0.444 e. The maximum atomic E-state index is 13.7. The molecule has 0 radical (unpaired) electrons. The van der Waals surface area contributed by atoms with E-state index in [9.17, 15) is 14.0 Å². The van der Waals surface area contributed by atoms with Gasteiger partial charge in [0, 0.05) is 31.7 Å². The first-order valence-corrected chi connectivity index (χ1v) is 13.3. The van der Waals surface area contributed by atoms with Crippen LogP contribution in [0.1, 0.15) is 73.8 Å². The highest BCUT2D eigenvalue weighted by molar-refractivity contribution is 5.92. The number of benzene rings is 2. The van der Waals surface area contributed by atoms with Gasteiger partial charge in [-0.25, -0.2) is 9.18 Å². The number of nitrogens with one attached hydrogen (secondary N) is 1. The summed E-state index contributed by atoms with van der Waals surface area (Å²) in [7, 11) is 1.74. The lowest BCUT2D eigenvalue weighted by atomic mass is 9.59. The summed E-state index contributed by atoms with van der Waals surface area (Å²) in [6.07, 6.45) is 3.11. The van der Waals surface area contributed by atoms with Crippen molar-refractivity contribution in [2.75, 3.05) is 13.1 Å². The number of aryl methyl sites for hydroxylation is 1. The first-order valence-electron chi connectivity index (χ1n) is 13.3. The van der Waals surface area contributed by atoms with Crippen molar-refractivity contribution in [1.29, 1.82) is 0 Å². The number of hydrogen-bond acceptors (Lipinski definition) is 4. The molecule has 8 heteroatoms. The number of nitrogens with zero attached hydrogens (tertiary/aromatic N) is 3. The van der Waals surface area contributed by atoms with E-state index in [1.807, 2.05) is 52.0 Å². The summed E-state index contributed by atoms with van der Waals surface area (Å²) < 4.78 is 20.8. The van der Waals surface area contributed by atoms with Gasteiger partial charge < -0.3 is 15.0 Å². The third-order valence-corrected chi connectivity index (χ3v) is 7.47. The van der Waals surface area contributed by atoms with Crippen LogP contribution in [0.4, 0.5) is 9.18 Å². The molecule has 1 saturated carbocycles. The molecule has 7 nitrogen and oxygen atoms in total. The summed E-state index contributed by atoms with van der Waals surface area (Å²) in [6.45, 7) is 8.95. The molecule has 2 aromatic carbocycles. The zero-order valence-electron chi connectivity index (χ0n) is 23.1. The molecule has 1 aliphatic carbocycles. The fraction of sp³-hybridized carbons (Fsp3) is 0.387. The van der Waals surface area contributed by atoms with Crippen molar-refractivity contribution in [3.8, 4) is 0 Å². The Balaban J connectivity index is 1.32. The topological polar surface area (TPSA) is 76.5 Å². The monoisotopic (exact) mass is 530 g/mol. The van der Waals surface area contributed by atoms with Crippen molar-refractivity contribution in [3.63, 3.8) is 0 Å². The summed E-state index contributed by atoms with van der Waals surface area (Å²) >= 11 is 0. The number of allylic oxidation sites excluding steroid dienone is 1. The van der Waals surface area contributed by atoms with E-state index in [2.05, 4.69) is 22.5 Å². The van der Waals surface area contributed by atoms with E-state index in [0.29, 0.717) is 18.8 Å². The molecule has 2 aliphatic rings. The van der Waals surface area contributed by atoms with Crippen molar-refractivity contribution in [3.05, 3.63) is 94.6 Å². The van der Waals surface area contributed by atoms with Crippen molar-refractivity contribution < 1.29 is 18.7 Å². The lowest BCUT2D eigenvalue weighted by Crippen LogP contribution is -2.62. The van der Waals surface area contributed by atoms with Crippen molar-refractivity contribution in [2.45, 2.75) is 52.2 Å². The number of aromatic nitrogens is 2. The zero-order valence-corrected chi connectivity index (χ0v) is 23.1. The Morgan fingerprint density at radius 3 is 2.13 bits per heavy atom. The van der Waals surface area contributed by atoms with E-state index in [0.717, 1.165) is 35.1 Å². The minimum Gasteiger partial charge on any atom is -0.444 e. The lowest BCUT2D eigenvalue weighted by Gasteiger charge is -2.57. The number of carbonyl (C=O) groups is 2. The number of amides is 2. The number of ether oxygens (including phenoxy) is 1. The summed E-state index contributed by atoms with van der Waals surface area (Å²) in [4.78, 5) is 26.8. The van der Waals surface area contributed by atoms with Crippen LogP contribution >= 0.6 is 0 Å². The van der Waals surface area contributed by atoms with Crippen LogP contribution in [-0.4, -0.2) is 45.4 Å². The van der Waals surface area contributed by atoms with E-state index in [1.54, 1.807) is 28.9 Å². The van der Waals surface area contributed by atoms with Gasteiger partial charge in [-0.15, -0.1) is 0 Å². The second-order valence-electron chi connectivity index (χ2n) is 11.8. The van der Waals surface area contributed by atoms with Gasteiger partial charge in [0.15, 0.2) is 0 Å². The lowest BCUT2D eigenvalue weighted by molar-refractivity contribution is -0.0500. The van der Waals surface area contributed by atoms with Gasteiger partial charge in [-0.2, -0.15) is 5.10 Å². The molecule has 2 amide bonds. The summed E-state index contributed by atoms with van der Waals surface area (Å²) in [5.41, 5.74) is 5.48. The third kappa shape index (κ3) is 5.60. The van der Waals surface area contributed by atoms with Gasteiger partial charge in [-0.1, -0.05) is 42.0 Å². The third-order valence-electron chi connectivity index (χ3n) is 7.47. The molecule has 1 atom stereocenters. The Labute approximate surface area is 228 Å². The van der Waals surface area contributed by atoms with Gasteiger partial charge in [0.2, 0.25) is 0 Å². The van der Waals surface area contributed by atoms with E-state index >= 15 is 0 Å². The van der Waals surface area contributed by atoms with Gasteiger partial charge in [0.25, 0.3) is 5.91 Å². The average molecular weight is 531 g/mol. The number of rotatable bonds is 5. The number of carbonyl (C=O) groups excluding carboxylic acids is 2. The molecule has 1 saturated heterocycles. The first kappa shape index (κ1) is 26.7. The van der Waals surface area contributed by atoms with Crippen LogP contribution in [0.5, 0.6) is 0 Å².